The number of halogens is 1. The number of nitrogens with zero attached hydrogens (tertiary/aromatic N) is 7. The van der Waals surface area contributed by atoms with Gasteiger partial charge in [0.15, 0.2) is 5.96 Å². The van der Waals surface area contributed by atoms with Crippen LogP contribution in [-0.4, -0.2) is 109 Å². The highest BCUT2D eigenvalue weighted by Gasteiger charge is 2.40. The minimum absolute atomic E-state index is 0. The summed E-state index contributed by atoms with van der Waals surface area (Å²) < 4.78 is 0. The van der Waals surface area contributed by atoms with Gasteiger partial charge >= 0.3 is 0 Å². The van der Waals surface area contributed by atoms with Gasteiger partial charge in [-0.25, -0.2) is 9.97 Å². The Kier molecular flexibility index (Phi) is 9.15. The number of hydrogen-bond acceptors (Lipinski definition) is 6. The Hall–Kier alpha value is -1.20. The van der Waals surface area contributed by atoms with E-state index < -0.39 is 0 Å². The van der Waals surface area contributed by atoms with Crippen LogP contribution in [-0.2, 0) is 0 Å². The first-order valence-electron chi connectivity index (χ1n) is 11.6. The van der Waals surface area contributed by atoms with E-state index in [1.165, 1.54) is 58.3 Å². The molecule has 3 saturated heterocycles. The molecular weight excluding hydrogens is 503 g/mol. The molecule has 4 heterocycles. The van der Waals surface area contributed by atoms with Crippen molar-refractivity contribution < 1.29 is 0 Å². The number of aromatic nitrogens is 2. The number of piperazine rings is 1. The van der Waals surface area contributed by atoms with Gasteiger partial charge in [0.05, 0.1) is 0 Å². The minimum atomic E-state index is 0. The summed E-state index contributed by atoms with van der Waals surface area (Å²) in [4.78, 5) is 23.3. The van der Waals surface area contributed by atoms with Crippen molar-refractivity contribution in [3.05, 3.63) is 18.5 Å². The summed E-state index contributed by atoms with van der Waals surface area (Å²) in [5.41, 5.74) is 0.266. The van der Waals surface area contributed by atoms with Crippen LogP contribution in [0.3, 0.4) is 0 Å². The Morgan fingerprint density at radius 2 is 1.61 bits per heavy atom. The monoisotopic (exact) mass is 542 g/mol. The van der Waals surface area contributed by atoms with E-state index in [0.717, 1.165) is 44.6 Å². The Balaban J connectivity index is 0.00000272. The van der Waals surface area contributed by atoms with E-state index in [1.807, 2.05) is 25.5 Å². The van der Waals surface area contributed by atoms with Crippen molar-refractivity contribution in [2.24, 2.45) is 4.99 Å². The van der Waals surface area contributed by atoms with Gasteiger partial charge < -0.3 is 20.0 Å². The second-order valence-electron chi connectivity index (χ2n) is 9.00. The summed E-state index contributed by atoms with van der Waals surface area (Å²) in [6, 6.07) is 1.87. The van der Waals surface area contributed by atoms with Crippen molar-refractivity contribution in [1.82, 2.24) is 30.0 Å². The predicted octanol–water partition coefficient (Wildman–Crippen LogP) is 1.74. The molecule has 4 rings (SSSR count). The third-order valence-electron chi connectivity index (χ3n) is 7.15. The summed E-state index contributed by atoms with van der Waals surface area (Å²) >= 11 is 0. The van der Waals surface area contributed by atoms with Gasteiger partial charge in [0.2, 0.25) is 5.95 Å². The largest absolute Gasteiger partial charge is 0.354 e. The van der Waals surface area contributed by atoms with Crippen molar-refractivity contribution in [3.8, 4) is 0 Å². The van der Waals surface area contributed by atoms with Crippen molar-refractivity contribution in [3.63, 3.8) is 0 Å². The van der Waals surface area contributed by atoms with Crippen LogP contribution in [0.1, 0.15) is 32.1 Å². The second-order valence-corrected chi connectivity index (χ2v) is 9.00. The van der Waals surface area contributed by atoms with Crippen molar-refractivity contribution >= 4 is 35.9 Å². The maximum Gasteiger partial charge on any atom is 0.225 e. The molecular formula is C22H39IN8. The summed E-state index contributed by atoms with van der Waals surface area (Å²) in [5, 5.41) is 3.78. The Morgan fingerprint density at radius 1 is 0.968 bits per heavy atom. The maximum absolute atomic E-state index is 4.64. The Morgan fingerprint density at radius 3 is 2.23 bits per heavy atom. The van der Waals surface area contributed by atoms with E-state index >= 15 is 0 Å². The first kappa shape index (κ1) is 24.4. The highest BCUT2D eigenvalue weighted by atomic mass is 127. The molecule has 0 atom stereocenters. The summed E-state index contributed by atoms with van der Waals surface area (Å²) in [6.45, 7) is 9.60. The second kappa shape index (κ2) is 11.6. The Labute approximate surface area is 204 Å². The average molecular weight is 543 g/mol. The van der Waals surface area contributed by atoms with E-state index in [1.54, 1.807) is 0 Å². The summed E-state index contributed by atoms with van der Waals surface area (Å²) in [5.74, 6) is 1.87. The first-order chi connectivity index (χ1) is 14.7. The zero-order valence-corrected chi connectivity index (χ0v) is 21.5. The number of aliphatic imine (C=N–C) groups is 1. The Bertz CT molecular complexity index is 678. The lowest BCUT2D eigenvalue weighted by Crippen LogP contribution is -2.63. The topological polar surface area (TPSA) is 63.1 Å². The molecule has 0 saturated carbocycles. The molecule has 31 heavy (non-hydrogen) atoms. The summed E-state index contributed by atoms with van der Waals surface area (Å²) in [7, 11) is 4.17. The van der Waals surface area contributed by atoms with Crippen LogP contribution < -0.4 is 10.2 Å². The SMILES string of the molecule is CN=C(NCC1(N2CCCCC2)CCN(C)CC1)N1CCN(c2ncccn2)CC1.I. The molecule has 0 radical (unpaired) electrons. The number of hydrogen-bond donors (Lipinski definition) is 1. The average Bonchev–Trinajstić information content (AvgIpc) is 2.82. The van der Waals surface area contributed by atoms with Gasteiger partial charge in [-0.05, 0) is 65.0 Å². The van der Waals surface area contributed by atoms with E-state index in [2.05, 4.69) is 46.9 Å². The lowest BCUT2D eigenvalue weighted by molar-refractivity contribution is 0.0169. The van der Waals surface area contributed by atoms with Crippen LogP contribution in [0.15, 0.2) is 23.5 Å². The highest BCUT2D eigenvalue weighted by Crippen LogP contribution is 2.31. The van der Waals surface area contributed by atoms with Gasteiger partial charge in [0, 0.05) is 57.7 Å². The van der Waals surface area contributed by atoms with Gasteiger partial charge in [0.25, 0.3) is 0 Å². The van der Waals surface area contributed by atoms with Crippen LogP contribution >= 0.6 is 24.0 Å². The first-order valence-corrected chi connectivity index (χ1v) is 11.6. The quantitative estimate of drug-likeness (QED) is 0.354. The normalized spacial score (nSPS) is 23.4. The molecule has 9 heteroatoms. The molecule has 0 aromatic carbocycles. The van der Waals surface area contributed by atoms with Crippen LogP contribution in [0, 0.1) is 0 Å². The molecule has 0 amide bonds. The molecule has 1 aromatic rings. The minimum Gasteiger partial charge on any atom is -0.354 e. The smallest absolute Gasteiger partial charge is 0.225 e. The van der Waals surface area contributed by atoms with Crippen LogP contribution in [0.4, 0.5) is 5.95 Å². The van der Waals surface area contributed by atoms with Gasteiger partial charge in [-0.1, -0.05) is 6.42 Å². The number of piperidine rings is 2. The number of rotatable bonds is 4. The molecule has 174 valence electrons. The van der Waals surface area contributed by atoms with E-state index in [4.69, 9.17) is 0 Å². The number of guanidine groups is 1. The van der Waals surface area contributed by atoms with Crippen LogP contribution in [0.25, 0.3) is 0 Å². The van der Waals surface area contributed by atoms with E-state index in [0.29, 0.717) is 0 Å². The molecule has 0 unspecified atom stereocenters. The molecule has 3 fully saturated rings. The fraction of sp³-hybridized carbons (Fsp3) is 0.773. The molecule has 3 aliphatic heterocycles. The van der Waals surface area contributed by atoms with E-state index in [-0.39, 0.29) is 29.5 Å². The van der Waals surface area contributed by atoms with Crippen LogP contribution in [0.5, 0.6) is 0 Å². The molecule has 8 nitrogen and oxygen atoms in total. The van der Waals surface area contributed by atoms with Crippen molar-refractivity contribution in [1.29, 1.82) is 0 Å². The molecule has 3 aliphatic rings. The summed E-state index contributed by atoms with van der Waals surface area (Å²) in [6.07, 6.45) is 10.2. The van der Waals surface area contributed by atoms with Gasteiger partial charge in [-0.15, -0.1) is 24.0 Å². The molecule has 0 bridgehead atoms. The third kappa shape index (κ3) is 5.98. The predicted molar refractivity (Wildman–Crippen MR) is 137 cm³/mol. The lowest BCUT2D eigenvalue weighted by atomic mass is 9.84. The third-order valence-corrected chi connectivity index (χ3v) is 7.15. The van der Waals surface area contributed by atoms with Gasteiger partial charge in [0.1, 0.15) is 0 Å². The standard InChI is InChI=1S/C22H38N8.HI/c1-23-20(28-15-17-29(18-16-28)21-24-9-6-10-25-21)26-19-22(7-13-27(2)14-8-22)30-11-4-3-5-12-30;/h6,9-10H,3-5,7-8,11-19H2,1-2H3,(H,23,26);1H. The van der Waals surface area contributed by atoms with Crippen molar-refractivity contribution in [2.75, 3.05) is 77.9 Å². The van der Waals surface area contributed by atoms with Crippen LogP contribution in [0.2, 0.25) is 0 Å². The molecule has 0 spiro atoms. The highest BCUT2D eigenvalue weighted by molar-refractivity contribution is 14.0. The van der Waals surface area contributed by atoms with Gasteiger partial charge in [-0.3, -0.25) is 9.89 Å². The van der Waals surface area contributed by atoms with Crippen molar-refractivity contribution in [2.45, 2.75) is 37.6 Å². The number of anilines is 1. The maximum atomic E-state index is 4.64. The molecule has 1 N–H and O–H groups in total. The lowest BCUT2D eigenvalue weighted by Gasteiger charge is -2.50. The van der Waals surface area contributed by atoms with Gasteiger partial charge in [-0.2, -0.15) is 0 Å². The molecule has 1 aromatic heterocycles. The zero-order valence-electron chi connectivity index (χ0n) is 19.2. The zero-order chi connectivity index (χ0) is 20.8. The van der Waals surface area contributed by atoms with E-state index in [9.17, 15) is 0 Å². The number of nitrogens with one attached hydrogen (secondary N) is 1. The fourth-order valence-corrected chi connectivity index (χ4v) is 5.16. The fourth-order valence-electron chi connectivity index (χ4n) is 5.16. The number of likely N-dealkylation sites (tertiary alicyclic amines) is 2. The molecule has 0 aliphatic carbocycles.